The van der Waals surface area contributed by atoms with Crippen molar-refractivity contribution in [1.82, 2.24) is 9.80 Å². The molecule has 5 nitrogen and oxygen atoms in total. The van der Waals surface area contributed by atoms with Gasteiger partial charge in [0.2, 0.25) is 0 Å². The van der Waals surface area contributed by atoms with Crippen molar-refractivity contribution < 1.29 is 14.3 Å². The molecule has 5 heteroatoms. The van der Waals surface area contributed by atoms with E-state index in [1.54, 1.807) is 0 Å². The molecule has 0 aliphatic carbocycles. The van der Waals surface area contributed by atoms with Crippen LogP contribution in [-0.2, 0) is 11.3 Å². The van der Waals surface area contributed by atoms with E-state index in [1.165, 1.54) is 5.56 Å². The van der Waals surface area contributed by atoms with Gasteiger partial charge >= 0.3 is 0 Å². The van der Waals surface area contributed by atoms with Gasteiger partial charge in [0.05, 0.1) is 6.61 Å². The number of piperazine rings is 1. The minimum Gasteiger partial charge on any atom is -0.491 e. The van der Waals surface area contributed by atoms with Crippen molar-refractivity contribution in [2.75, 3.05) is 46.0 Å². The highest BCUT2D eigenvalue weighted by Crippen LogP contribution is 2.15. The topological polar surface area (TPSA) is 42.0 Å². The monoisotopic (exact) mass is 368 g/mol. The van der Waals surface area contributed by atoms with Gasteiger partial charge in [-0.25, -0.2) is 0 Å². The van der Waals surface area contributed by atoms with Crippen LogP contribution in [0.4, 0.5) is 0 Å². The standard InChI is InChI=1S/C22H28N2O3/c1-2-26-16-17-27-21-10-8-20(9-11-21)22(25)24-14-12-23(13-15-24)18-19-6-4-3-5-7-19/h3-11H,2,12-18H2,1H3. The minimum absolute atomic E-state index is 0.0928. The number of benzene rings is 2. The molecule has 27 heavy (non-hydrogen) atoms. The molecule has 1 heterocycles. The molecule has 0 unspecified atom stereocenters. The van der Waals surface area contributed by atoms with Crippen LogP contribution in [0.2, 0.25) is 0 Å². The maximum atomic E-state index is 12.7. The summed E-state index contributed by atoms with van der Waals surface area (Å²) in [7, 11) is 0. The SMILES string of the molecule is CCOCCOc1ccc(C(=O)N2CCN(Cc3ccccc3)CC2)cc1. The Hall–Kier alpha value is -2.37. The summed E-state index contributed by atoms with van der Waals surface area (Å²) in [6, 6.07) is 17.9. The Morgan fingerprint density at radius 3 is 2.30 bits per heavy atom. The lowest BCUT2D eigenvalue weighted by Gasteiger charge is -2.34. The molecule has 1 aliphatic heterocycles. The fourth-order valence-corrected chi connectivity index (χ4v) is 3.19. The average molecular weight is 368 g/mol. The summed E-state index contributed by atoms with van der Waals surface area (Å²) in [6.45, 7) is 8.01. The Morgan fingerprint density at radius 2 is 1.63 bits per heavy atom. The molecule has 2 aromatic carbocycles. The van der Waals surface area contributed by atoms with E-state index in [0.29, 0.717) is 25.4 Å². The average Bonchev–Trinajstić information content (AvgIpc) is 2.72. The lowest BCUT2D eigenvalue weighted by Crippen LogP contribution is -2.48. The molecule has 2 aromatic rings. The largest absolute Gasteiger partial charge is 0.491 e. The molecule has 1 fully saturated rings. The van der Waals surface area contributed by atoms with E-state index in [9.17, 15) is 4.79 Å². The van der Waals surface area contributed by atoms with E-state index in [2.05, 4.69) is 29.2 Å². The Morgan fingerprint density at radius 1 is 0.926 bits per heavy atom. The predicted molar refractivity (Wildman–Crippen MR) is 106 cm³/mol. The second-order valence-corrected chi connectivity index (χ2v) is 6.62. The minimum atomic E-state index is 0.0928. The van der Waals surface area contributed by atoms with Crippen LogP contribution in [0, 0.1) is 0 Å². The van der Waals surface area contributed by atoms with Crippen molar-refractivity contribution in [2.45, 2.75) is 13.5 Å². The van der Waals surface area contributed by atoms with Crippen molar-refractivity contribution in [3.05, 3.63) is 65.7 Å². The lowest BCUT2D eigenvalue weighted by atomic mass is 10.1. The smallest absolute Gasteiger partial charge is 0.253 e. The van der Waals surface area contributed by atoms with Crippen LogP contribution >= 0.6 is 0 Å². The third-order valence-corrected chi connectivity index (χ3v) is 4.71. The van der Waals surface area contributed by atoms with Crippen molar-refractivity contribution >= 4 is 5.91 Å². The molecule has 1 saturated heterocycles. The van der Waals surface area contributed by atoms with Crippen LogP contribution in [0.25, 0.3) is 0 Å². The van der Waals surface area contributed by atoms with Crippen LogP contribution in [0.15, 0.2) is 54.6 Å². The maximum absolute atomic E-state index is 12.7. The second kappa shape index (κ2) is 10.1. The summed E-state index contributed by atoms with van der Waals surface area (Å²) in [5.41, 5.74) is 2.03. The highest BCUT2D eigenvalue weighted by Gasteiger charge is 2.22. The van der Waals surface area contributed by atoms with E-state index in [1.807, 2.05) is 42.2 Å². The van der Waals surface area contributed by atoms with E-state index in [4.69, 9.17) is 9.47 Å². The fourth-order valence-electron chi connectivity index (χ4n) is 3.19. The second-order valence-electron chi connectivity index (χ2n) is 6.62. The predicted octanol–water partition coefficient (Wildman–Crippen LogP) is 3.06. The third-order valence-electron chi connectivity index (χ3n) is 4.71. The maximum Gasteiger partial charge on any atom is 0.253 e. The molecule has 1 aliphatic rings. The van der Waals surface area contributed by atoms with Gasteiger partial charge in [-0.1, -0.05) is 30.3 Å². The summed E-state index contributed by atoms with van der Waals surface area (Å²) in [5, 5.41) is 0. The number of hydrogen-bond acceptors (Lipinski definition) is 4. The Kier molecular flexibility index (Phi) is 7.25. The van der Waals surface area contributed by atoms with Crippen molar-refractivity contribution in [3.63, 3.8) is 0 Å². The quantitative estimate of drug-likeness (QED) is 0.672. The van der Waals surface area contributed by atoms with Gasteiger partial charge in [0.1, 0.15) is 12.4 Å². The number of carbonyl (C=O) groups excluding carboxylic acids is 1. The highest BCUT2D eigenvalue weighted by molar-refractivity contribution is 5.94. The molecular weight excluding hydrogens is 340 g/mol. The molecule has 0 atom stereocenters. The van der Waals surface area contributed by atoms with Crippen LogP contribution in [0.3, 0.4) is 0 Å². The van der Waals surface area contributed by atoms with Gasteiger partial charge in [-0.2, -0.15) is 0 Å². The number of hydrogen-bond donors (Lipinski definition) is 0. The summed E-state index contributed by atoms with van der Waals surface area (Å²) in [6.07, 6.45) is 0. The summed E-state index contributed by atoms with van der Waals surface area (Å²) < 4.78 is 10.9. The van der Waals surface area contributed by atoms with Gasteiger partial charge in [0.15, 0.2) is 0 Å². The zero-order chi connectivity index (χ0) is 18.9. The lowest BCUT2D eigenvalue weighted by molar-refractivity contribution is 0.0628. The van der Waals surface area contributed by atoms with Crippen molar-refractivity contribution in [3.8, 4) is 5.75 Å². The summed E-state index contributed by atoms with van der Waals surface area (Å²) in [5.74, 6) is 0.856. The molecule has 1 amide bonds. The first-order valence-corrected chi connectivity index (χ1v) is 9.62. The van der Waals surface area contributed by atoms with Gasteiger partial charge < -0.3 is 14.4 Å². The number of nitrogens with zero attached hydrogens (tertiary/aromatic N) is 2. The first-order valence-electron chi connectivity index (χ1n) is 9.62. The van der Waals surface area contributed by atoms with Crippen molar-refractivity contribution in [1.29, 1.82) is 0 Å². The first kappa shape index (κ1) is 19.4. The molecule has 0 spiro atoms. The third kappa shape index (κ3) is 5.81. The van der Waals surface area contributed by atoms with Crippen LogP contribution in [0.5, 0.6) is 5.75 Å². The van der Waals surface area contributed by atoms with Gasteiger partial charge in [-0.3, -0.25) is 9.69 Å². The van der Waals surface area contributed by atoms with E-state index < -0.39 is 0 Å². The summed E-state index contributed by atoms with van der Waals surface area (Å²) >= 11 is 0. The first-order chi connectivity index (χ1) is 13.3. The Bertz CT molecular complexity index is 695. The Labute approximate surface area is 161 Å². The number of ether oxygens (including phenoxy) is 2. The Balaban J connectivity index is 1.46. The van der Waals surface area contributed by atoms with E-state index in [0.717, 1.165) is 38.5 Å². The van der Waals surface area contributed by atoms with Crippen LogP contribution < -0.4 is 4.74 Å². The molecule has 3 rings (SSSR count). The highest BCUT2D eigenvalue weighted by atomic mass is 16.5. The van der Waals surface area contributed by atoms with Gasteiger partial charge in [-0.05, 0) is 36.8 Å². The molecule has 0 saturated carbocycles. The van der Waals surface area contributed by atoms with Crippen molar-refractivity contribution in [2.24, 2.45) is 0 Å². The van der Waals surface area contributed by atoms with E-state index >= 15 is 0 Å². The normalized spacial score (nSPS) is 14.9. The van der Waals surface area contributed by atoms with Gasteiger partial charge in [-0.15, -0.1) is 0 Å². The number of amides is 1. The number of carbonyl (C=O) groups is 1. The fraction of sp³-hybridized carbons (Fsp3) is 0.409. The van der Waals surface area contributed by atoms with Gasteiger partial charge in [0, 0.05) is 44.9 Å². The molecular formula is C22H28N2O3. The van der Waals surface area contributed by atoms with Gasteiger partial charge in [0.25, 0.3) is 5.91 Å². The molecule has 0 N–H and O–H groups in total. The zero-order valence-electron chi connectivity index (χ0n) is 16.0. The summed E-state index contributed by atoms with van der Waals surface area (Å²) in [4.78, 5) is 17.1. The molecule has 0 aromatic heterocycles. The van der Waals surface area contributed by atoms with Crippen LogP contribution in [-0.4, -0.2) is 61.7 Å². The molecule has 0 bridgehead atoms. The number of rotatable bonds is 8. The molecule has 0 radical (unpaired) electrons. The molecule has 144 valence electrons. The van der Waals surface area contributed by atoms with E-state index in [-0.39, 0.29) is 5.91 Å². The van der Waals surface area contributed by atoms with Crippen LogP contribution in [0.1, 0.15) is 22.8 Å². The zero-order valence-corrected chi connectivity index (χ0v) is 16.0.